The lowest BCUT2D eigenvalue weighted by Crippen LogP contribution is -2.09. The third-order valence-electron chi connectivity index (χ3n) is 4.10. The van der Waals surface area contributed by atoms with E-state index in [1.54, 1.807) is 30.3 Å². The summed E-state index contributed by atoms with van der Waals surface area (Å²) < 4.78 is 7.17. The number of fused-ring (bicyclic) bond motifs is 1. The monoisotopic (exact) mass is 366 g/mol. The van der Waals surface area contributed by atoms with Crippen molar-refractivity contribution in [1.82, 2.24) is 19.7 Å². The molecular weight excluding hydrogens is 352 g/mol. The van der Waals surface area contributed by atoms with E-state index in [4.69, 9.17) is 16.3 Å². The molecule has 4 rings (SSSR count). The summed E-state index contributed by atoms with van der Waals surface area (Å²) in [5.41, 5.74) is 2.19. The molecular formula is C19H15ClN4O2. The molecule has 0 bridgehead atoms. The fraction of sp³-hybridized carbons (Fsp3) is 0.105. The summed E-state index contributed by atoms with van der Waals surface area (Å²) in [5.74, 6) is 1.24. The number of H-pyrrole nitrogens is 1. The molecule has 4 aromatic rings. The van der Waals surface area contributed by atoms with Crippen molar-refractivity contribution in [2.75, 3.05) is 7.11 Å². The fourth-order valence-corrected chi connectivity index (χ4v) is 3.03. The van der Waals surface area contributed by atoms with Crippen LogP contribution in [-0.2, 0) is 6.54 Å². The normalized spacial score (nSPS) is 11.0. The maximum absolute atomic E-state index is 12.3. The van der Waals surface area contributed by atoms with Gasteiger partial charge < -0.3 is 9.72 Å². The molecule has 26 heavy (non-hydrogen) atoms. The summed E-state index contributed by atoms with van der Waals surface area (Å²) in [6.45, 7) is 0.488. The number of benzene rings is 2. The van der Waals surface area contributed by atoms with Crippen molar-refractivity contribution in [3.8, 4) is 17.1 Å². The van der Waals surface area contributed by atoms with E-state index in [9.17, 15) is 4.79 Å². The summed E-state index contributed by atoms with van der Waals surface area (Å²) in [7, 11) is 1.62. The van der Waals surface area contributed by atoms with Crippen molar-refractivity contribution in [2.45, 2.75) is 6.54 Å². The molecule has 0 saturated carbocycles. The first-order chi connectivity index (χ1) is 12.6. The number of methoxy groups -OCH3 is 1. The van der Waals surface area contributed by atoms with E-state index in [0.717, 1.165) is 16.9 Å². The molecule has 0 aliphatic heterocycles. The molecule has 6 nitrogen and oxygen atoms in total. The second-order valence-corrected chi connectivity index (χ2v) is 6.25. The van der Waals surface area contributed by atoms with Gasteiger partial charge in [-0.05, 0) is 30.3 Å². The second-order valence-electron chi connectivity index (χ2n) is 5.81. The van der Waals surface area contributed by atoms with Crippen LogP contribution in [0.15, 0.2) is 59.7 Å². The molecule has 1 N–H and O–H groups in total. The molecule has 0 fully saturated rings. The molecule has 2 heterocycles. The summed E-state index contributed by atoms with van der Waals surface area (Å²) in [5, 5.41) is 5.34. The van der Waals surface area contributed by atoms with E-state index in [0.29, 0.717) is 28.3 Å². The predicted molar refractivity (Wildman–Crippen MR) is 101 cm³/mol. The van der Waals surface area contributed by atoms with Crippen LogP contribution in [0.25, 0.3) is 22.3 Å². The highest BCUT2D eigenvalue weighted by Gasteiger charge is 2.11. The highest BCUT2D eigenvalue weighted by Crippen LogP contribution is 2.26. The van der Waals surface area contributed by atoms with Crippen molar-refractivity contribution < 1.29 is 4.74 Å². The Balaban J connectivity index is 1.80. The van der Waals surface area contributed by atoms with Crippen LogP contribution in [0.4, 0.5) is 0 Å². The Morgan fingerprint density at radius 1 is 1.23 bits per heavy atom. The number of aromatic nitrogens is 4. The van der Waals surface area contributed by atoms with Crippen LogP contribution in [0, 0.1) is 0 Å². The largest absolute Gasteiger partial charge is 0.496 e. The number of hydrogen-bond acceptors (Lipinski definition) is 4. The number of nitrogens with zero attached hydrogens (tertiary/aromatic N) is 3. The molecule has 2 aromatic carbocycles. The third-order valence-corrected chi connectivity index (χ3v) is 4.30. The molecule has 0 spiro atoms. The van der Waals surface area contributed by atoms with Crippen LogP contribution in [-0.4, -0.2) is 26.9 Å². The minimum atomic E-state index is -0.165. The summed E-state index contributed by atoms with van der Waals surface area (Å²) >= 11 is 5.94. The maximum atomic E-state index is 12.3. The van der Waals surface area contributed by atoms with E-state index in [1.807, 2.05) is 36.4 Å². The van der Waals surface area contributed by atoms with Crippen LogP contribution in [0.5, 0.6) is 5.75 Å². The topological polar surface area (TPSA) is 72.8 Å². The second kappa shape index (κ2) is 6.65. The lowest BCUT2D eigenvalue weighted by atomic mass is 10.1. The summed E-state index contributed by atoms with van der Waals surface area (Å²) in [4.78, 5) is 19.7. The van der Waals surface area contributed by atoms with Gasteiger partial charge in [-0.25, -0.2) is 4.98 Å². The van der Waals surface area contributed by atoms with Gasteiger partial charge in [0.05, 0.1) is 35.8 Å². The standard InChI is InChI=1S/C19H15ClN4O2/c1-26-17-7-6-12(8-13(17)10-24-11-14(20)9-21-24)18-22-16-5-3-2-4-15(16)19(25)23-18/h2-9,11H,10H2,1H3,(H,22,23,25). The molecule has 2 aromatic heterocycles. The zero-order valence-electron chi connectivity index (χ0n) is 13.9. The van der Waals surface area contributed by atoms with Crippen molar-refractivity contribution in [2.24, 2.45) is 0 Å². The van der Waals surface area contributed by atoms with Gasteiger partial charge in [-0.1, -0.05) is 23.7 Å². The first kappa shape index (κ1) is 16.4. The van der Waals surface area contributed by atoms with Gasteiger partial charge in [0.2, 0.25) is 0 Å². The van der Waals surface area contributed by atoms with Gasteiger partial charge in [0.1, 0.15) is 11.6 Å². The average molecular weight is 367 g/mol. The van der Waals surface area contributed by atoms with Gasteiger partial charge in [0, 0.05) is 17.3 Å². The number of ether oxygens (including phenoxy) is 1. The van der Waals surface area contributed by atoms with Crippen LogP contribution in [0.1, 0.15) is 5.56 Å². The van der Waals surface area contributed by atoms with Gasteiger partial charge in [0.15, 0.2) is 0 Å². The fourth-order valence-electron chi connectivity index (χ4n) is 2.87. The maximum Gasteiger partial charge on any atom is 0.259 e. The van der Waals surface area contributed by atoms with Crippen molar-refractivity contribution >= 4 is 22.5 Å². The zero-order chi connectivity index (χ0) is 18.1. The van der Waals surface area contributed by atoms with Crippen molar-refractivity contribution in [3.63, 3.8) is 0 Å². The van der Waals surface area contributed by atoms with Gasteiger partial charge >= 0.3 is 0 Å². The lowest BCUT2D eigenvalue weighted by molar-refractivity contribution is 0.407. The molecule has 7 heteroatoms. The third kappa shape index (κ3) is 3.07. The van der Waals surface area contributed by atoms with E-state index in [1.165, 1.54) is 0 Å². The summed E-state index contributed by atoms with van der Waals surface area (Å²) in [6, 6.07) is 12.9. The molecule has 0 aliphatic carbocycles. The van der Waals surface area contributed by atoms with Gasteiger partial charge in [-0.15, -0.1) is 0 Å². The molecule has 0 radical (unpaired) electrons. The Labute approximate surface area is 154 Å². The number of aromatic amines is 1. The van der Waals surface area contributed by atoms with Gasteiger partial charge in [0.25, 0.3) is 5.56 Å². The number of halogens is 1. The number of hydrogen-bond donors (Lipinski definition) is 1. The van der Waals surface area contributed by atoms with Gasteiger partial charge in [-0.3, -0.25) is 9.48 Å². The van der Waals surface area contributed by atoms with Crippen molar-refractivity contribution in [1.29, 1.82) is 0 Å². The quantitative estimate of drug-likeness (QED) is 0.600. The molecule has 0 amide bonds. The summed E-state index contributed by atoms with van der Waals surface area (Å²) in [6.07, 6.45) is 3.32. The minimum Gasteiger partial charge on any atom is -0.496 e. The number of rotatable bonds is 4. The SMILES string of the molecule is COc1ccc(-c2nc3ccccc3c(=O)[nH]2)cc1Cn1cc(Cl)cn1. The van der Waals surface area contributed by atoms with E-state index >= 15 is 0 Å². The van der Waals surface area contributed by atoms with E-state index < -0.39 is 0 Å². The van der Waals surface area contributed by atoms with Crippen LogP contribution in [0.2, 0.25) is 5.02 Å². The van der Waals surface area contributed by atoms with Crippen LogP contribution >= 0.6 is 11.6 Å². The highest BCUT2D eigenvalue weighted by molar-refractivity contribution is 6.30. The van der Waals surface area contributed by atoms with Gasteiger partial charge in [-0.2, -0.15) is 5.10 Å². The zero-order valence-corrected chi connectivity index (χ0v) is 14.7. The molecule has 0 unspecified atom stereocenters. The Morgan fingerprint density at radius 2 is 2.08 bits per heavy atom. The molecule has 0 aliphatic rings. The molecule has 0 atom stereocenters. The lowest BCUT2D eigenvalue weighted by Gasteiger charge is -2.11. The Bertz CT molecular complexity index is 1150. The molecule has 130 valence electrons. The number of para-hydroxylation sites is 1. The first-order valence-corrected chi connectivity index (χ1v) is 8.36. The van der Waals surface area contributed by atoms with Crippen molar-refractivity contribution in [3.05, 3.63) is 75.8 Å². The Kier molecular flexibility index (Phi) is 4.18. The van der Waals surface area contributed by atoms with Crippen LogP contribution in [0.3, 0.4) is 0 Å². The number of nitrogens with one attached hydrogen (secondary N) is 1. The Hall–Kier alpha value is -3.12. The average Bonchev–Trinajstić information content (AvgIpc) is 3.06. The predicted octanol–water partition coefficient (Wildman–Crippen LogP) is 3.50. The highest BCUT2D eigenvalue weighted by atomic mass is 35.5. The van der Waals surface area contributed by atoms with E-state index in [-0.39, 0.29) is 5.56 Å². The first-order valence-electron chi connectivity index (χ1n) is 7.98. The van der Waals surface area contributed by atoms with E-state index in [2.05, 4.69) is 15.1 Å². The Morgan fingerprint density at radius 3 is 2.85 bits per heavy atom. The van der Waals surface area contributed by atoms with Crippen LogP contribution < -0.4 is 10.3 Å². The molecule has 0 saturated heterocycles. The minimum absolute atomic E-state index is 0.165. The smallest absolute Gasteiger partial charge is 0.259 e.